The van der Waals surface area contributed by atoms with Gasteiger partial charge in [0.15, 0.2) is 5.96 Å². The van der Waals surface area contributed by atoms with E-state index in [4.69, 9.17) is 0 Å². The van der Waals surface area contributed by atoms with Gasteiger partial charge in [0, 0.05) is 31.9 Å². The van der Waals surface area contributed by atoms with E-state index in [1.165, 1.54) is 5.75 Å². The van der Waals surface area contributed by atoms with Crippen LogP contribution in [0.1, 0.15) is 17.1 Å². The molecule has 6 heteroatoms. The second-order valence-electron chi connectivity index (χ2n) is 3.88. The summed E-state index contributed by atoms with van der Waals surface area (Å²) >= 11 is 3.57. The zero-order valence-corrected chi connectivity index (χ0v) is 13.0. The van der Waals surface area contributed by atoms with Gasteiger partial charge in [-0.2, -0.15) is 11.8 Å². The minimum Gasteiger partial charge on any atom is -0.356 e. The lowest BCUT2D eigenvalue weighted by molar-refractivity contribution is 0.771. The zero-order valence-electron chi connectivity index (χ0n) is 11.3. The number of nitrogens with zero attached hydrogens (tertiary/aromatic N) is 2. The summed E-state index contributed by atoms with van der Waals surface area (Å²) < 4.78 is 0. The number of hydrogen-bond donors (Lipinski definition) is 2. The molecule has 4 nitrogen and oxygen atoms in total. The highest BCUT2D eigenvalue weighted by Crippen LogP contribution is 2.07. The fourth-order valence-electron chi connectivity index (χ4n) is 1.48. The van der Waals surface area contributed by atoms with Crippen LogP contribution in [-0.2, 0) is 6.42 Å². The monoisotopic (exact) mass is 286 g/mol. The number of aryl methyl sites for hydroxylation is 1. The fraction of sp³-hybridized carbons (Fsp3) is 0.667. The summed E-state index contributed by atoms with van der Waals surface area (Å²) in [5.41, 5.74) is 1.16. The molecule has 2 N–H and O–H groups in total. The Hall–Kier alpha value is -0.750. The second kappa shape index (κ2) is 9.22. The van der Waals surface area contributed by atoms with E-state index in [1.54, 1.807) is 18.4 Å². The first kappa shape index (κ1) is 15.3. The van der Waals surface area contributed by atoms with Crippen molar-refractivity contribution in [3.8, 4) is 0 Å². The highest BCUT2D eigenvalue weighted by molar-refractivity contribution is 7.98. The van der Waals surface area contributed by atoms with Crippen LogP contribution in [0.2, 0.25) is 0 Å². The van der Waals surface area contributed by atoms with Gasteiger partial charge in [-0.05, 0) is 25.4 Å². The van der Waals surface area contributed by atoms with Crippen molar-refractivity contribution in [2.75, 3.05) is 32.1 Å². The molecule has 0 fully saturated rings. The Morgan fingerprint density at radius 1 is 1.44 bits per heavy atom. The Morgan fingerprint density at radius 3 is 2.83 bits per heavy atom. The zero-order chi connectivity index (χ0) is 13.2. The van der Waals surface area contributed by atoms with Gasteiger partial charge in [-0.15, -0.1) is 11.3 Å². The van der Waals surface area contributed by atoms with Crippen molar-refractivity contribution in [1.29, 1.82) is 0 Å². The van der Waals surface area contributed by atoms with Crippen LogP contribution in [0.4, 0.5) is 0 Å². The number of thiazole rings is 1. The summed E-state index contributed by atoms with van der Waals surface area (Å²) in [5.74, 6) is 2.06. The minimum atomic E-state index is 0.866. The summed E-state index contributed by atoms with van der Waals surface area (Å²) in [5, 5.41) is 9.85. The van der Waals surface area contributed by atoms with Crippen molar-refractivity contribution >= 4 is 29.1 Å². The van der Waals surface area contributed by atoms with Gasteiger partial charge in [0.05, 0.1) is 10.7 Å². The molecule has 0 unspecified atom stereocenters. The highest BCUT2D eigenvalue weighted by Gasteiger charge is 2.00. The van der Waals surface area contributed by atoms with Crippen molar-refractivity contribution < 1.29 is 0 Å². The smallest absolute Gasteiger partial charge is 0.190 e. The van der Waals surface area contributed by atoms with Crippen LogP contribution in [0.5, 0.6) is 0 Å². The molecule has 102 valence electrons. The van der Waals surface area contributed by atoms with Gasteiger partial charge in [-0.3, -0.25) is 4.99 Å². The molecule has 0 spiro atoms. The Labute approximate surface area is 118 Å². The van der Waals surface area contributed by atoms with E-state index in [0.29, 0.717) is 0 Å². The molecular formula is C12H22N4S2. The molecule has 0 amide bonds. The van der Waals surface area contributed by atoms with Gasteiger partial charge in [0.2, 0.25) is 0 Å². The van der Waals surface area contributed by atoms with Crippen LogP contribution in [0, 0.1) is 6.92 Å². The highest BCUT2D eigenvalue weighted by atomic mass is 32.2. The number of nitrogens with one attached hydrogen (secondary N) is 2. The van der Waals surface area contributed by atoms with Gasteiger partial charge < -0.3 is 10.6 Å². The molecule has 18 heavy (non-hydrogen) atoms. The maximum atomic E-state index is 4.44. The van der Waals surface area contributed by atoms with Crippen LogP contribution >= 0.6 is 23.1 Å². The third-order valence-electron chi connectivity index (χ3n) is 2.38. The predicted molar refractivity (Wildman–Crippen MR) is 82.9 cm³/mol. The Morgan fingerprint density at radius 2 is 2.22 bits per heavy atom. The van der Waals surface area contributed by atoms with E-state index in [-0.39, 0.29) is 0 Å². The predicted octanol–water partition coefficient (Wildman–Crippen LogP) is 1.91. The molecule has 0 aromatic carbocycles. The first-order valence-electron chi connectivity index (χ1n) is 6.10. The number of rotatable bonds is 7. The van der Waals surface area contributed by atoms with Gasteiger partial charge in [0.25, 0.3) is 0 Å². The lowest BCUT2D eigenvalue weighted by Crippen LogP contribution is -2.38. The van der Waals surface area contributed by atoms with Crippen molar-refractivity contribution in [2.45, 2.75) is 19.8 Å². The van der Waals surface area contributed by atoms with Crippen molar-refractivity contribution in [3.05, 3.63) is 16.1 Å². The molecule has 1 rings (SSSR count). The number of aromatic nitrogens is 1. The molecule has 0 atom stereocenters. The van der Waals surface area contributed by atoms with E-state index in [0.717, 1.165) is 42.6 Å². The topological polar surface area (TPSA) is 49.3 Å². The molecule has 0 aliphatic heterocycles. The summed E-state index contributed by atoms with van der Waals surface area (Å²) in [6, 6.07) is 0. The normalized spacial score (nSPS) is 11.6. The van der Waals surface area contributed by atoms with Crippen LogP contribution < -0.4 is 10.6 Å². The molecule has 0 aliphatic rings. The average Bonchev–Trinajstić information content (AvgIpc) is 2.78. The minimum absolute atomic E-state index is 0.866. The van der Waals surface area contributed by atoms with E-state index in [2.05, 4.69) is 32.2 Å². The van der Waals surface area contributed by atoms with Crippen LogP contribution in [0.15, 0.2) is 10.4 Å². The van der Waals surface area contributed by atoms with Gasteiger partial charge in [-0.1, -0.05) is 0 Å². The van der Waals surface area contributed by atoms with E-state index in [1.807, 2.05) is 18.7 Å². The standard InChI is InChI=1S/C12H22N4S2/c1-10-16-11(9-18-10)5-7-15-12(13-2)14-6-4-8-17-3/h9H,4-8H2,1-3H3,(H2,13,14,15). The lowest BCUT2D eigenvalue weighted by atomic mass is 10.3. The fourth-order valence-corrected chi connectivity index (χ4v) is 2.56. The molecule has 1 aromatic rings. The lowest BCUT2D eigenvalue weighted by Gasteiger charge is -2.10. The summed E-state index contributed by atoms with van der Waals surface area (Å²) in [4.78, 5) is 8.63. The molecule has 1 aromatic heterocycles. The number of hydrogen-bond acceptors (Lipinski definition) is 4. The van der Waals surface area contributed by atoms with E-state index >= 15 is 0 Å². The average molecular weight is 286 g/mol. The number of thioether (sulfide) groups is 1. The van der Waals surface area contributed by atoms with Crippen LogP contribution in [0.25, 0.3) is 0 Å². The molecular weight excluding hydrogens is 264 g/mol. The second-order valence-corrected chi connectivity index (χ2v) is 5.93. The number of guanidine groups is 1. The van der Waals surface area contributed by atoms with Crippen molar-refractivity contribution in [1.82, 2.24) is 15.6 Å². The first-order valence-corrected chi connectivity index (χ1v) is 8.38. The van der Waals surface area contributed by atoms with Gasteiger partial charge in [-0.25, -0.2) is 4.98 Å². The maximum Gasteiger partial charge on any atom is 0.190 e. The van der Waals surface area contributed by atoms with E-state index in [9.17, 15) is 0 Å². The first-order chi connectivity index (χ1) is 8.76. The Kier molecular flexibility index (Phi) is 7.84. The van der Waals surface area contributed by atoms with E-state index < -0.39 is 0 Å². The Balaban J connectivity index is 2.15. The third kappa shape index (κ3) is 6.26. The molecule has 0 saturated heterocycles. The van der Waals surface area contributed by atoms with Gasteiger partial charge in [0.1, 0.15) is 0 Å². The summed E-state index contributed by atoms with van der Waals surface area (Å²) in [7, 11) is 1.80. The molecule has 1 heterocycles. The quantitative estimate of drug-likeness (QED) is 0.457. The largest absolute Gasteiger partial charge is 0.356 e. The van der Waals surface area contributed by atoms with Gasteiger partial charge >= 0.3 is 0 Å². The molecule has 0 aliphatic carbocycles. The Bertz CT molecular complexity index is 363. The molecule has 0 bridgehead atoms. The summed E-state index contributed by atoms with van der Waals surface area (Å²) in [6.45, 7) is 3.87. The SMILES string of the molecule is CN=C(NCCCSC)NCCc1csc(C)n1. The number of aliphatic imine (C=N–C) groups is 1. The summed E-state index contributed by atoms with van der Waals surface area (Å²) in [6.07, 6.45) is 4.23. The third-order valence-corrected chi connectivity index (χ3v) is 3.90. The van der Waals surface area contributed by atoms with Crippen molar-refractivity contribution in [2.24, 2.45) is 4.99 Å². The van der Waals surface area contributed by atoms with Crippen LogP contribution in [-0.4, -0.2) is 43.1 Å². The molecule has 0 saturated carbocycles. The molecule has 0 radical (unpaired) electrons. The van der Waals surface area contributed by atoms with Crippen LogP contribution in [0.3, 0.4) is 0 Å². The maximum absolute atomic E-state index is 4.44. The van der Waals surface area contributed by atoms with Crippen molar-refractivity contribution in [3.63, 3.8) is 0 Å².